The molecule has 2 aromatic carbocycles. The van der Waals surface area contributed by atoms with Crippen LogP contribution in [0, 0.1) is 5.92 Å². The van der Waals surface area contributed by atoms with E-state index in [1.165, 1.54) is 23.4 Å². The van der Waals surface area contributed by atoms with Gasteiger partial charge >= 0.3 is 0 Å². The van der Waals surface area contributed by atoms with Crippen LogP contribution in [0.25, 0.3) is 0 Å². The first-order valence-electron chi connectivity index (χ1n) is 9.31. The van der Waals surface area contributed by atoms with E-state index >= 15 is 0 Å². The van der Waals surface area contributed by atoms with Gasteiger partial charge in [-0.2, -0.15) is 0 Å². The molecule has 0 aliphatic carbocycles. The summed E-state index contributed by atoms with van der Waals surface area (Å²) in [5, 5.41) is 2.25. The number of Topliss-reactive ketones (excluding diaryl/α,β-unsaturated/α-hetero) is 1. The molecule has 2 nitrogen and oxygen atoms in total. The van der Waals surface area contributed by atoms with Gasteiger partial charge in [-0.25, -0.2) is 4.39 Å². The van der Waals surface area contributed by atoms with Gasteiger partial charge in [0.25, 0.3) is 8.32 Å². The molecule has 0 bridgehead atoms. The van der Waals surface area contributed by atoms with Gasteiger partial charge in [0, 0.05) is 13.5 Å². The number of carbonyl (C=O) groups is 1. The van der Waals surface area contributed by atoms with Crippen LogP contribution in [0.4, 0.5) is 4.39 Å². The van der Waals surface area contributed by atoms with E-state index < -0.39 is 19.9 Å². The lowest BCUT2D eigenvalue weighted by atomic mass is 10.1. The van der Waals surface area contributed by atoms with E-state index in [2.05, 4.69) is 45.0 Å². The van der Waals surface area contributed by atoms with Gasteiger partial charge in [0.15, 0.2) is 11.6 Å². The molecule has 0 N–H and O–H groups in total. The Morgan fingerprint density at radius 2 is 1.48 bits per heavy atom. The minimum atomic E-state index is -2.63. The van der Waals surface area contributed by atoms with E-state index in [9.17, 15) is 9.18 Å². The molecule has 2 aromatic rings. The lowest BCUT2D eigenvalue weighted by molar-refractivity contribution is -0.115. The van der Waals surface area contributed by atoms with Crippen LogP contribution in [0.15, 0.2) is 72.6 Å². The molecule has 0 radical (unpaired) electrons. The molecule has 0 amide bonds. The number of ketones is 1. The largest absolute Gasteiger partial charge is 0.407 e. The van der Waals surface area contributed by atoms with Crippen molar-refractivity contribution in [2.75, 3.05) is 6.61 Å². The first-order chi connectivity index (χ1) is 12.7. The van der Waals surface area contributed by atoms with Gasteiger partial charge in [0.05, 0.1) is 0 Å². The van der Waals surface area contributed by atoms with Crippen LogP contribution in [0.1, 0.15) is 34.6 Å². The second-order valence-electron chi connectivity index (χ2n) is 8.02. The molecule has 4 heteroatoms. The Kier molecular flexibility index (Phi) is 6.90. The van der Waals surface area contributed by atoms with Crippen LogP contribution < -0.4 is 10.4 Å². The number of benzene rings is 2. The summed E-state index contributed by atoms with van der Waals surface area (Å²) in [6.07, 6.45) is 1.36. The minimum Gasteiger partial charge on any atom is -0.407 e. The number of rotatable bonds is 7. The van der Waals surface area contributed by atoms with Crippen LogP contribution in [0.5, 0.6) is 0 Å². The molecule has 27 heavy (non-hydrogen) atoms. The maximum Gasteiger partial charge on any atom is 0.261 e. The van der Waals surface area contributed by atoms with E-state index in [4.69, 9.17) is 4.43 Å². The van der Waals surface area contributed by atoms with Crippen LogP contribution in [0.3, 0.4) is 0 Å². The molecular weight excluding hydrogens is 355 g/mol. The van der Waals surface area contributed by atoms with Crippen LogP contribution >= 0.6 is 0 Å². The third-order valence-electron chi connectivity index (χ3n) is 4.75. The van der Waals surface area contributed by atoms with Gasteiger partial charge in [0.2, 0.25) is 0 Å². The molecule has 0 unspecified atom stereocenters. The highest BCUT2D eigenvalue weighted by atomic mass is 28.4. The average molecular weight is 385 g/mol. The first kappa shape index (κ1) is 21.3. The average Bonchev–Trinajstić information content (AvgIpc) is 2.62. The predicted molar refractivity (Wildman–Crippen MR) is 113 cm³/mol. The standard InChI is InChI=1S/C23H29FO2Si/c1-18(16-22(24)19(2)25)17-26-27(23(3,4)5,20-12-8-6-9-13-20)21-14-10-7-11-15-21/h6-16,18H,17H2,1-5H3/b22-16-/t18-/m1/s1. The summed E-state index contributed by atoms with van der Waals surface area (Å²) < 4.78 is 20.5. The van der Waals surface area contributed by atoms with Crippen molar-refractivity contribution < 1.29 is 13.6 Å². The third kappa shape index (κ3) is 4.82. The Balaban J connectivity index is 2.50. The van der Waals surface area contributed by atoms with Gasteiger partial charge in [-0.3, -0.25) is 4.79 Å². The summed E-state index contributed by atoms with van der Waals surface area (Å²) in [6.45, 7) is 10.1. The number of hydrogen-bond acceptors (Lipinski definition) is 2. The molecule has 0 spiro atoms. The molecule has 0 aliphatic heterocycles. The summed E-state index contributed by atoms with van der Waals surface area (Å²) in [4.78, 5) is 11.2. The normalized spacial score (nSPS) is 14.1. The Morgan fingerprint density at radius 1 is 1.04 bits per heavy atom. The summed E-state index contributed by atoms with van der Waals surface area (Å²) >= 11 is 0. The highest BCUT2D eigenvalue weighted by Gasteiger charge is 2.50. The van der Waals surface area contributed by atoms with Crippen molar-refractivity contribution in [3.8, 4) is 0 Å². The molecular formula is C23H29FO2Si. The summed E-state index contributed by atoms with van der Waals surface area (Å²) in [7, 11) is -2.63. The number of hydrogen-bond donors (Lipinski definition) is 0. The van der Waals surface area contributed by atoms with Crippen molar-refractivity contribution >= 4 is 24.5 Å². The van der Waals surface area contributed by atoms with Crippen LogP contribution in [0.2, 0.25) is 5.04 Å². The zero-order valence-electron chi connectivity index (χ0n) is 16.8. The maximum atomic E-state index is 13.7. The predicted octanol–water partition coefficient (Wildman–Crippen LogP) is 4.64. The second kappa shape index (κ2) is 8.76. The molecule has 1 atom stereocenters. The van der Waals surface area contributed by atoms with Crippen molar-refractivity contribution in [2.45, 2.75) is 39.7 Å². The van der Waals surface area contributed by atoms with Gasteiger partial charge in [-0.05, 0) is 27.4 Å². The highest BCUT2D eigenvalue weighted by Crippen LogP contribution is 2.37. The number of carbonyl (C=O) groups excluding carboxylic acids is 1. The van der Waals surface area contributed by atoms with Gasteiger partial charge in [0.1, 0.15) is 0 Å². The van der Waals surface area contributed by atoms with E-state index in [0.29, 0.717) is 6.61 Å². The number of allylic oxidation sites excluding steroid dienone is 1. The lowest BCUT2D eigenvalue weighted by Gasteiger charge is -2.43. The zero-order valence-corrected chi connectivity index (χ0v) is 17.8. The maximum absolute atomic E-state index is 13.7. The minimum absolute atomic E-state index is 0.127. The quantitative estimate of drug-likeness (QED) is 0.513. The van der Waals surface area contributed by atoms with Crippen molar-refractivity contribution in [2.24, 2.45) is 5.92 Å². The lowest BCUT2D eigenvalue weighted by Crippen LogP contribution is -2.66. The van der Waals surface area contributed by atoms with Crippen molar-refractivity contribution in [3.05, 3.63) is 72.6 Å². The van der Waals surface area contributed by atoms with Crippen LogP contribution in [-0.2, 0) is 9.22 Å². The number of halogens is 1. The molecule has 0 aliphatic rings. The summed E-state index contributed by atoms with van der Waals surface area (Å²) in [6, 6.07) is 20.7. The Labute approximate surface area is 163 Å². The first-order valence-corrected chi connectivity index (χ1v) is 11.2. The molecule has 144 valence electrons. The summed E-state index contributed by atoms with van der Waals surface area (Å²) in [5.74, 6) is -1.45. The van der Waals surface area contributed by atoms with Crippen molar-refractivity contribution in [3.63, 3.8) is 0 Å². The Bertz CT molecular complexity index is 740. The fourth-order valence-corrected chi connectivity index (χ4v) is 8.10. The topological polar surface area (TPSA) is 26.3 Å². The Hall–Kier alpha value is -2.04. The summed E-state index contributed by atoms with van der Waals surface area (Å²) in [5.41, 5.74) is 0. The van der Waals surface area contributed by atoms with Gasteiger partial charge < -0.3 is 4.43 Å². The van der Waals surface area contributed by atoms with E-state index in [1.807, 2.05) is 43.3 Å². The zero-order chi connectivity index (χ0) is 20.1. The van der Waals surface area contributed by atoms with E-state index in [1.54, 1.807) is 0 Å². The highest BCUT2D eigenvalue weighted by molar-refractivity contribution is 6.99. The van der Waals surface area contributed by atoms with Gasteiger partial charge in [-0.15, -0.1) is 0 Å². The SMILES string of the molecule is CC(=O)/C(F)=C/[C@@H](C)CO[Si](c1ccccc1)(c1ccccc1)C(C)(C)C. The fourth-order valence-electron chi connectivity index (χ4n) is 3.43. The second-order valence-corrected chi connectivity index (χ2v) is 12.3. The third-order valence-corrected chi connectivity index (χ3v) is 9.75. The van der Waals surface area contributed by atoms with E-state index in [0.717, 1.165) is 0 Å². The molecule has 0 saturated heterocycles. The van der Waals surface area contributed by atoms with Crippen molar-refractivity contribution in [1.29, 1.82) is 0 Å². The molecule has 0 fully saturated rings. The van der Waals surface area contributed by atoms with Crippen molar-refractivity contribution in [1.82, 2.24) is 0 Å². The fraction of sp³-hybridized carbons (Fsp3) is 0.348. The van der Waals surface area contributed by atoms with Gasteiger partial charge in [-0.1, -0.05) is 88.4 Å². The monoisotopic (exact) mass is 384 g/mol. The molecule has 0 saturated carbocycles. The smallest absolute Gasteiger partial charge is 0.261 e. The van der Waals surface area contributed by atoms with Crippen LogP contribution in [-0.4, -0.2) is 20.7 Å². The Morgan fingerprint density at radius 3 is 1.85 bits per heavy atom. The molecule has 2 rings (SSSR count). The molecule has 0 aromatic heterocycles. The van der Waals surface area contributed by atoms with E-state index in [-0.39, 0.29) is 11.0 Å². The molecule has 0 heterocycles.